The Morgan fingerprint density at radius 3 is 2.80 bits per heavy atom. The van der Waals surface area contributed by atoms with Crippen LogP contribution in [0.5, 0.6) is 0 Å². The minimum absolute atomic E-state index is 0.134. The van der Waals surface area contributed by atoms with Crippen LogP contribution >= 0.6 is 0 Å². The van der Waals surface area contributed by atoms with Gasteiger partial charge in [-0.25, -0.2) is 14.8 Å². The van der Waals surface area contributed by atoms with Gasteiger partial charge < -0.3 is 14.7 Å². The van der Waals surface area contributed by atoms with Crippen molar-refractivity contribution in [2.75, 3.05) is 18.6 Å². The van der Waals surface area contributed by atoms with Gasteiger partial charge >= 0.3 is 12.1 Å². The van der Waals surface area contributed by atoms with Gasteiger partial charge in [0.2, 0.25) is 5.95 Å². The summed E-state index contributed by atoms with van der Waals surface area (Å²) in [6.45, 7) is 0.134. The number of hydrogen-bond acceptors (Lipinski definition) is 5. The third-order valence-corrected chi connectivity index (χ3v) is 3.07. The second-order valence-electron chi connectivity index (χ2n) is 4.34. The molecule has 0 aromatic carbocycles. The normalized spacial score (nSPS) is 23.1. The van der Waals surface area contributed by atoms with Crippen molar-refractivity contribution in [2.24, 2.45) is 0 Å². The van der Waals surface area contributed by atoms with Gasteiger partial charge in [-0.1, -0.05) is 0 Å². The molecular formula is C11H12F3N3O3. The average Bonchev–Trinajstić information content (AvgIpc) is 2.82. The van der Waals surface area contributed by atoms with Crippen LogP contribution in [0.25, 0.3) is 0 Å². The molecule has 2 atom stereocenters. The number of anilines is 1. The summed E-state index contributed by atoms with van der Waals surface area (Å²) in [5, 5.41) is 9.11. The molecule has 0 spiro atoms. The molecule has 0 amide bonds. The molecule has 2 heterocycles. The van der Waals surface area contributed by atoms with Crippen molar-refractivity contribution < 1.29 is 27.8 Å². The van der Waals surface area contributed by atoms with Crippen molar-refractivity contribution in [2.45, 2.75) is 24.7 Å². The number of carboxylic acids is 1. The number of carbonyl (C=O) groups is 1. The summed E-state index contributed by atoms with van der Waals surface area (Å²) in [6, 6.07) is -0.258. The van der Waals surface area contributed by atoms with E-state index in [9.17, 15) is 18.0 Å². The second-order valence-corrected chi connectivity index (χ2v) is 4.34. The van der Waals surface area contributed by atoms with E-state index >= 15 is 0 Å². The number of carboxylic acid groups (broad SMARTS) is 1. The van der Waals surface area contributed by atoms with Crippen LogP contribution in [0.4, 0.5) is 19.1 Å². The van der Waals surface area contributed by atoms with Gasteiger partial charge in [-0.05, 0) is 6.07 Å². The van der Waals surface area contributed by atoms with Crippen molar-refractivity contribution in [3.05, 3.63) is 18.0 Å². The SMILES string of the molecule is COC1CC(C(=O)O)N(c2nccc(C(F)(F)F)n2)C1. The van der Waals surface area contributed by atoms with E-state index in [-0.39, 0.29) is 25.0 Å². The highest BCUT2D eigenvalue weighted by atomic mass is 19.4. The zero-order valence-electron chi connectivity index (χ0n) is 10.5. The molecule has 0 aliphatic carbocycles. The number of nitrogens with zero attached hydrogens (tertiary/aromatic N) is 3. The van der Waals surface area contributed by atoms with Crippen molar-refractivity contribution in [3.8, 4) is 0 Å². The molecule has 0 saturated carbocycles. The topological polar surface area (TPSA) is 75.6 Å². The fourth-order valence-corrected chi connectivity index (χ4v) is 2.07. The molecule has 9 heteroatoms. The monoisotopic (exact) mass is 291 g/mol. The van der Waals surface area contributed by atoms with Gasteiger partial charge in [0.05, 0.1) is 6.10 Å². The maximum atomic E-state index is 12.6. The largest absolute Gasteiger partial charge is 0.480 e. The lowest BCUT2D eigenvalue weighted by Gasteiger charge is -2.21. The van der Waals surface area contributed by atoms with E-state index < -0.39 is 23.9 Å². The smallest absolute Gasteiger partial charge is 0.433 e. The average molecular weight is 291 g/mol. The van der Waals surface area contributed by atoms with Crippen molar-refractivity contribution in [3.63, 3.8) is 0 Å². The predicted molar refractivity (Wildman–Crippen MR) is 61.2 cm³/mol. The summed E-state index contributed by atoms with van der Waals surface area (Å²) in [5.74, 6) is -1.41. The highest BCUT2D eigenvalue weighted by molar-refractivity contribution is 5.78. The summed E-state index contributed by atoms with van der Waals surface area (Å²) >= 11 is 0. The highest BCUT2D eigenvalue weighted by Crippen LogP contribution is 2.30. The number of methoxy groups -OCH3 is 1. The minimum atomic E-state index is -4.60. The third kappa shape index (κ3) is 2.82. The van der Waals surface area contributed by atoms with E-state index in [1.54, 1.807) is 0 Å². The lowest BCUT2D eigenvalue weighted by Crippen LogP contribution is -2.37. The van der Waals surface area contributed by atoms with Crippen molar-refractivity contribution in [1.82, 2.24) is 9.97 Å². The summed E-state index contributed by atoms with van der Waals surface area (Å²) < 4.78 is 42.9. The Balaban J connectivity index is 2.32. The van der Waals surface area contributed by atoms with Gasteiger partial charge in [0.15, 0.2) is 0 Å². The third-order valence-electron chi connectivity index (χ3n) is 3.07. The first-order chi connectivity index (χ1) is 9.32. The first kappa shape index (κ1) is 14.5. The van der Waals surface area contributed by atoms with Gasteiger partial charge in [0, 0.05) is 26.3 Å². The van der Waals surface area contributed by atoms with E-state index in [0.29, 0.717) is 0 Å². The molecule has 1 aromatic heterocycles. The van der Waals surface area contributed by atoms with Crippen LogP contribution in [0.15, 0.2) is 12.3 Å². The number of hydrogen-bond donors (Lipinski definition) is 1. The van der Waals surface area contributed by atoms with Crippen LogP contribution < -0.4 is 4.90 Å². The lowest BCUT2D eigenvalue weighted by atomic mass is 10.2. The Hall–Kier alpha value is -1.90. The lowest BCUT2D eigenvalue weighted by molar-refractivity contribution is -0.141. The number of aromatic nitrogens is 2. The first-order valence-corrected chi connectivity index (χ1v) is 5.75. The molecule has 1 aliphatic rings. The zero-order chi connectivity index (χ0) is 14.9. The maximum Gasteiger partial charge on any atom is 0.433 e. The molecule has 1 saturated heterocycles. The fourth-order valence-electron chi connectivity index (χ4n) is 2.07. The van der Waals surface area contributed by atoms with E-state index in [1.807, 2.05) is 0 Å². The summed E-state index contributed by atoms with van der Waals surface area (Å²) in [4.78, 5) is 19.5. The quantitative estimate of drug-likeness (QED) is 0.901. The molecular weight excluding hydrogens is 279 g/mol. The Labute approximate surface area is 112 Å². The minimum Gasteiger partial charge on any atom is -0.480 e. The molecule has 1 fully saturated rings. The Bertz CT molecular complexity index is 509. The number of ether oxygens (including phenoxy) is 1. The summed E-state index contributed by atoms with van der Waals surface area (Å²) in [7, 11) is 1.42. The van der Waals surface area contributed by atoms with Gasteiger partial charge in [0.1, 0.15) is 11.7 Å². The summed E-state index contributed by atoms with van der Waals surface area (Å²) in [5.41, 5.74) is -1.10. The fraction of sp³-hybridized carbons (Fsp3) is 0.545. The number of halogens is 3. The zero-order valence-corrected chi connectivity index (χ0v) is 10.5. The van der Waals surface area contributed by atoms with Crippen molar-refractivity contribution >= 4 is 11.9 Å². The second kappa shape index (κ2) is 5.23. The Morgan fingerprint density at radius 2 is 2.25 bits per heavy atom. The molecule has 2 rings (SSSR count). The molecule has 0 bridgehead atoms. The van der Waals surface area contributed by atoms with E-state index in [1.165, 1.54) is 12.0 Å². The Kier molecular flexibility index (Phi) is 3.80. The summed E-state index contributed by atoms with van der Waals surface area (Å²) in [6.07, 6.45) is -3.85. The van der Waals surface area contributed by atoms with Crippen LogP contribution in [-0.4, -0.2) is 46.8 Å². The molecule has 2 unspecified atom stereocenters. The predicted octanol–water partition coefficient (Wildman–Crippen LogP) is 1.17. The number of alkyl halides is 3. The van der Waals surface area contributed by atoms with E-state index in [2.05, 4.69) is 9.97 Å². The maximum absolute atomic E-state index is 12.6. The van der Waals surface area contributed by atoms with Gasteiger partial charge in [-0.15, -0.1) is 0 Å². The first-order valence-electron chi connectivity index (χ1n) is 5.75. The van der Waals surface area contributed by atoms with Crippen LogP contribution in [0.1, 0.15) is 12.1 Å². The molecule has 110 valence electrons. The van der Waals surface area contributed by atoms with E-state index in [4.69, 9.17) is 9.84 Å². The number of aliphatic carboxylic acids is 1. The van der Waals surface area contributed by atoms with Crippen LogP contribution in [-0.2, 0) is 15.7 Å². The van der Waals surface area contributed by atoms with Crippen LogP contribution in [0.3, 0.4) is 0 Å². The van der Waals surface area contributed by atoms with Crippen LogP contribution in [0, 0.1) is 0 Å². The van der Waals surface area contributed by atoms with Crippen molar-refractivity contribution in [1.29, 1.82) is 0 Å². The van der Waals surface area contributed by atoms with Gasteiger partial charge in [-0.2, -0.15) is 13.2 Å². The molecule has 20 heavy (non-hydrogen) atoms. The highest BCUT2D eigenvalue weighted by Gasteiger charge is 2.40. The molecule has 0 radical (unpaired) electrons. The molecule has 1 aliphatic heterocycles. The van der Waals surface area contributed by atoms with E-state index in [0.717, 1.165) is 12.3 Å². The standard InChI is InChI=1S/C11H12F3N3O3/c1-20-6-4-7(9(18)19)17(5-6)10-15-3-2-8(16-10)11(12,13)14/h2-3,6-7H,4-5H2,1H3,(H,18,19). The molecule has 1 aromatic rings. The number of rotatable bonds is 3. The van der Waals surface area contributed by atoms with Gasteiger partial charge in [-0.3, -0.25) is 0 Å². The van der Waals surface area contributed by atoms with Crippen LogP contribution in [0.2, 0.25) is 0 Å². The molecule has 6 nitrogen and oxygen atoms in total. The molecule has 1 N–H and O–H groups in total. The Morgan fingerprint density at radius 1 is 1.55 bits per heavy atom. The van der Waals surface area contributed by atoms with Gasteiger partial charge in [0.25, 0.3) is 0 Å².